The average molecular weight is 272 g/mol. The lowest BCUT2D eigenvalue weighted by Gasteiger charge is -2.30. The maximum atomic E-state index is 12.1. The molecule has 1 unspecified atom stereocenters. The SMILES string of the molecule is CCOC(=O)C(C)(CCN(C)CCOC)NC1CC1. The van der Waals surface area contributed by atoms with E-state index in [1.165, 1.54) is 0 Å². The number of rotatable bonds is 10. The van der Waals surface area contributed by atoms with Crippen LogP contribution < -0.4 is 5.32 Å². The van der Waals surface area contributed by atoms with Gasteiger partial charge < -0.3 is 14.4 Å². The maximum absolute atomic E-state index is 12.1. The van der Waals surface area contributed by atoms with Crippen LogP contribution in [0.25, 0.3) is 0 Å². The molecular formula is C14H28N2O3. The summed E-state index contributed by atoms with van der Waals surface area (Å²) in [5, 5.41) is 3.43. The van der Waals surface area contributed by atoms with Crippen LogP contribution in [-0.4, -0.2) is 62.9 Å². The van der Waals surface area contributed by atoms with E-state index in [0.29, 0.717) is 19.3 Å². The van der Waals surface area contributed by atoms with Crippen LogP contribution in [0.2, 0.25) is 0 Å². The van der Waals surface area contributed by atoms with E-state index in [4.69, 9.17) is 9.47 Å². The third-order valence-electron chi connectivity index (χ3n) is 3.50. The standard InChI is InChI=1S/C14H28N2O3/c1-5-19-13(17)14(2,15-12-6-7-12)8-9-16(3)10-11-18-4/h12,15H,5-11H2,1-4H3. The van der Waals surface area contributed by atoms with Crippen molar-refractivity contribution < 1.29 is 14.3 Å². The molecule has 0 spiro atoms. The van der Waals surface area contributed by atoms with Gasteiger partial charge in [0.2, 0.25) is 0 Å². The second-order valence-electron chi connectivity index (χ2n) is 5.52. The van der Waals surface area contributed by atoms with Gasteiger partial charge in [0.05, 0.1) is 13.2 Å². The van der Waals surface area contributed by atoms with Gasteiger partial charge in [0.1, 0.15) is 5.54 Å². The molecule has 0 radical (unpaired) electrons. The van der Waals surface area contributed by atoms with Crippen LogP contribution in [-0.2, 0) is 14.3 Å². The number of nitrogens with one attached hydrogen (secondary N) is 1. The van der Waals surface area contributed by atoms with Gasteiger partial charge in [-0.25, -0.2) is 0 Å². The van der Waals surface area contributed by atoms with Crippen molar-refractivity contribution in [2.45, 2.75) is 44.7 Å². The van der Waals surface area contributed by atoms with Crippen molar-refractivity contribution in [3.05, 3.63) is 0 Å². The molecule has 0 aliphatic heterocycles. The summed E-state index contributed by atoms with van der Waals surface area (Å²) in [6.45, 7) is 6.66. The first kappa shape index (κ1) is 16.4. The Morgan fingerprint density at radius 2 is 2.11 bits per heavy atom. The topological polar surface area (TPSA) is 50.8 Å². The summed E-state index contributed by atoms with van der Waals surface area (Å²) in [5.41, 5.74) is -0.571. The minimum Gasteiger partial charge on any atom is -0.465 e. The smallest absolute Gasteiger partial charge is 0.326 e. The molecule has 5 nitrogen and oxygen atoms in total. The lowest BCUT2D eigenvalue weighted by molar-refractivity contribution is -0.151. The molecule has 112 valence electrons. The van der Waals surface area contributed by atoms with Gasteiger partial charge in [0.25, 0.3) is 0 Å². The summed E-state index contributed by atoms with van der Waals surface area (Å²) >= 11 is 0. The number of hydrogen-bond donors (Lipinski definition) is 1. The largest absolute Gasteiger partial charge is 0.465 e. The maximum Gasteiger partial charge on any atom is 0.326 e. The van der Waals surface area contributed by atoms with E-state index in [1.807, 2.05) is 20.9 Å². The molecular weight excluding hydrogens is 244 g/mol. The molecule has 1 aliphatic rings. The Bertz CT molecular complexity index is 282. The monoisotopic (exact) mass is 272 g/mol. The van der Waals surface area contributed by atoms with Gasteiger partial charge in [-0.1, -0.05) is 0 Å². The normalized spacial score (nSPS) is 18.4. The Kier molecular flexibility index (Phi) is 6.75. The molecule has 0 bridgehead atoms. The van der Waals surface area contributed by atoms with Crippen LogP contribution in [0, 0.1) is 0 Å². The van der Waals surface area contributed by atoms with E-state index in [0.717, 1.165) is 32.4 Å². The molecule has 1 aliphatic carbocycles. The molecule has 1 rings (SSSR count). The van der Waals surface area contributed by atoms with Gasteiger partial charge in [-0.3, -0.25) is 10.1 Å². The van der Waals surface area contributed by atoms with Crippen molar-refractivity contribution in [3.63, 3.8) is 0 Å². The highest BCUT2D eigenvalue weighted by atomic mass is 16.5. The number of esters is 1. The number of ether oxygens (including phenoxy) is 2. The lowest BCUT2D eigenvalue weighted by atomic mass is 9.97. The Morgan fingerprint density at radius 1 is 1.42 bits per heavy atom. The number of carbonyl (C=O) groups excluding carboxylic acids is 1. The highest BCUT2D eigenvalue weighted by molar-refractivity contribution is 5.80. The molecule has 1 saturated carbocycles. The highest BCUT2D eigenvalue weighted by Crippen LogP contribution is 2.25. The summed E-state index contributed by atoms with van der Waals surface area (Å²) in [7, 11) is 3.74. The Balaban J connectivity index is 2.45. The Hall–Kier alpha value is -0.650. The second kappa shape index (κ2) is 7.82. The minimum atomic E-state index is -0.571. The van der Waals surface area contributed by atoms with Gasteiger partial charge in [-0.05, 0) is 40.2 Å². The third-order valence-corrected chi connectivity index (χ3v) is 3.50. The first-order chi connectivity index (χ1) is 9.01. The quantitative estimate of drug-likeness (QED) is 0.602. The zero-order valence-electron chi connectivity index (χ0n) is 12.7. The van der Waals surface area contributed by atoms with Crippen LogP contribution in [0.4, 0.5) is 0 Å². The molecule has 0 aromatic heterocycles. The van der Waals surface area contributed by atoms with Crippen molar-refractivity contribution in [1.82, 2.24) is 10.2 Å². The molecule has 0 aromatic rings. The fraction of sp³-hybridized carbons (Fsp3) is 0.929. The molecule has 0 saturated heterocycles. The minimum absolute atomic E-state index is 0.137. The third kappa shape index (κ3) is 5.89. The Morgan fingerprint density at radius 3 is 2.63 bits per heavy atom. The first-order valence-electron chi connectivity index (χ1n) is 7.14. The van der Waals surface area contributed by atoms with Crippen LogP contribution >= 0.6 is 0 Å². The number of methoxy groups -OCH3 is 1. The molecule has 19 heavy (non-hydrogen) atoms. The fourth-order valence-electron chi connectivity index (χ4n) is 1.98. The summed E-state index contributed by atoms with van der Waals surface area (Å²) < 4.78 is 10.3. The van der Waals surface area contributed by atoms with Crippen molar-refractivity contribution >= 4 is 5.97 Å². The molecule has 0 heterocycles. The highest BCUT2D eigenvalue weighted by Gasteiger charge is 2.39. The number of hydrogen-bond acceptors (Lipinski definition) is 5. The van der Waals surface area contributed by atoms with E-state index in [-0.39, 0.29) is 5.97 Å². The van der Waals surface area contributed by atoms with Gasteiger partial charge in [0.15, 0.2) is 0 Å². The van der Waals surface area contributed by atoms with Gasteiger partial charge in [-0.2, -0.15) is 0 Å². The predicted molar refractivity (Wildman–Crippen MR) is 75.2 cm³/mol. The molecule has 0 aromatic carbocycles. The zero-order chi connectivity index (χ0) is 14.3. The van der Waals surface area contributed by atoms with Crippen molar-refractivity contribution in [3.8, 4) is 0 Å². The van der Waals surface area contributed by atoms with Crippen LogP contribution in [0.3, 0.4) is 0 Å². The van der Waals surface area contributed by atoms with Crippen LogP contribution in [0.15, 0.2) is 0 Å². The summed E-state index contributed by atoms with van der Waals surface area (Å²) in [5.74, 6) is -0.137. The van der Waals surface area contributed by atoms with Crippen LogP contribution in [0.1, 0.15) is 33.1 Å². The number of likely N-dealkylation sites (N-methyl/N-ethyl adjacent to an activating group) is 1. The second-order valence-corrected chi connectivity index (χ2v) is 5.52. The molecule has 5 heteroatoms. The average Bonchev–Trinajstić information content (AvgIpc) is 3.18. The van der Waals surface area contributed by atoms with Crippen molar-refractivity contribution in [2.75, 3.05) is 40.5 Å². The summed E-state index contributed by atoms with van der Waals surface area (Å²) in [4.78, 5) is 14.3. The lowest BCUT2D eigenvalue weighted by Crippen LogP contribution is -2.53. The predicted octanol–water partition coefficient (Wildman–Crippen LogP) is 1.03. The summed E-state index contributed by atoms with van der Waals surface area (Å²) in [6, 6.07) is 0.485. The fourth-order valence-corrected chi connectivity index (χ4v) is 1.98. The van der Waals surface area contributed by atoms with E-state index in [1.54, 1.807) is 7.11 Å². The first-order valence-corrected chi connectivity index (χ1v) is 7.14. The molecule has 1 N–H and O–H groups in total. The van der Waals surface area contributed by atoms with Crippen molar-refractivity contribution in [2.24, 2.45) is 0 Å². The summed E-state index contributed by atoms with van der Waals surface area (Å²) in [6.07, 6.45) is 3.07. The van der Waals surface area contributed by atoms with Crippen LogP contribution in [0.5, 0.6) is 0 Å². The van der Waals surface area contributed by atoms with E-state index in [9.17, 15) is 4.79 Å². The number of carbonyl (C=O) groups is 1. The van der Waals surface area contributed by atoms with Crippen molar-refractivity contribution in [1.29, 1.82) is 0 Å². The van der Waals surface area contributed by atoms with Gasteiger partial charge in [0, 0.05) is 26.2 Å². The van der Waals surface area contributed by atoms with E-state index < -0.39 is 5.54 Å². The molecule has 1 fully saturated rings. The molecule has 1 atom stereocenters. The number of nitrogens with zero attached hydrogens (tertiary/aromatic N) is 1. The Labute approximate surface area is 116 Å². The van der Waals surface area contributed by atoms with Gasteiger partial charge >= 0.3 is 5.97 Å². The molecule has 0 amide bonds. The van der Waals surface area contributed by atoms with E-state index >= 15 is 0 Å². The zero-order valence-corrected chi connectivity index (χ0v) is 12.7. The van der Waals surface area contributed by atoms with E-state index in [2.05, 4.69) is 10.2 Å². The van der Waals surface area contributed by atoms with Gasteiger partial charge in [-0.15, -0.1) is 0 Å².